The molecule has 0 aliphatic heterocycles. The Morgan fingerprint density at radius 2 is 1.93 bits per heavy atom. The maximum Gasteiger partial charge on any atom is 0.410 e. The summed E-state index contributed by atoms with van der Waals surface area (Å²) >= 11 is 6.08. The largest absolute Gasteiger partial charge is 0.496 e. The predicted molar refractivity (Wildman–Crippen MR) is 105 cm³/mol. The minimum absolute atomic E-state index is 0.210. The molecule has 1 N–H and O–H groups in total. The summed E-state index contributed by atoms with van der Waals surface area (Å²) in [7, 11) is 3.10. The molecule has 0 unspecified atom stereocenters. The molecule has 150 valence electrons. The third kappa shape index (κ3) is 7.86. The van der Waals surface area contributed by atoms with Gasteiger partial charge in [-0.2, -0.15) is 0 Å². The Morgan fingerprint density at radius 1 is 1.26 bits per heavy atom. The first kappa shape index (κ1) is 22.8. The summed E-state index contributed by atoms with van der Waals surface area (Å²) in [5.41, 5.74) is 0.158. The highest BCUT2D eigenvalue weighted by atomic mass is 35.5. The van der Waals surface area contributed by atoms with Crippen LogP contribution in [0.2, 0.25) is 5.02 Å². The SMILES string of the molecule is COc1cc(NC(=O)CCCCN(C)C(=O)OC(C)(C)C)c(Cl)cc1C=O. The predicted octanol–water partition coefficient (Wildman–Crippen LogP) is 4.14. The van der Waals surface area contributed by atoms with Crippen molar-refractivity contribution in [3.8, 4) is 5.75 Å². The molecule has 1 rings (SSSR count). The molecule has 0 saturated heterocycles. The lowest BCUT2D eigenvalue weighted by Crippen LogP contribution is -2.34. The zero-order chi connectivity index (χ0) is 20.6. The standard InChI is InChI=1S/C19H27ClN2O5/c1-19(2,3)27-18(25)22(4)9-7-6-8-17(24)21-15-11-16(26-5)13(12-23)10-14(15)20/h10-12H,6-9H2,1-5H3,(H,21,24). The van der Waals surface area contributed by atoms with E-state index in [-0.39, 0.29) is 23.4 Å². The summed E-state index contributed by atoms with van der Waals surface area (Å²) < 4.78 is 10.4. The molecule has 0 fully saturated rings. The van der Waals surface area contributed by atoms with Crippen LogP contribution in [0.3, 0.4) is 0 Å². The number of ether oxygens (including phenoxy) is 2. The number of carbonyl (C=O) groups is 3. The molecule has 0 spiro atoms. The highest BCUT2D eigenvalue weighted by Gasteiger charge is 2.19. The van der Waals surface area contributed by atoms with Gasteiger partial charge in [0, 0.05) is 26.1 Å². The Labute approximate surface area is 165 Å². The van der Waals surface area contributed by atoms with Gasteiger partial charge in [-0.25, -0.2) is 4.79 Å². The van der Waals surface area contributed by atoms with Gasteiger partial charge in [0.15, 0.2) is 6.29 Å². The maximum atomic E-state index is 12.1. The van der Waals surface area contributed by atoms with Crippen molar-refractivity contribution in [1.82, 2.24) is 4.90 Å². The number of nitrogens with one attached hydrogen (secondary N) is 1. The van der Waals surface area contributed by atoms with Crippen molar-refractivity contribution >= 4 is 35.6 Å². The van der Waals surface area contributed by atoms with E-state index in [2.05, 4.69) is 5.32 Å². The topological polar surface area (TPSA) is 84.9 Å². The number of methoxy groups -OCH3 is 1. The van der Waals surface area contributed by atoms with E-state index in [1.54, 1.807) is 7.05 Å². The first-order valence-electron chi connectivity index (χ1n) is 8.64. The minimum Gasteiger partial charge on any atom is -0.496 e. The Morgan fingerprint density at radius 3 is 2.48 bits per heavy atom. The third-order valence-corrected chi connectivity index (χ3v) is 3.89. The van der Waals surface area contributed by atoms with Crippen molar-refractivity contribution in [3.05, 3.63) is 22.7 Å². The Hall–Kier alpha value is -2.28. The van der Waals surface area contributed by atoms with Gasteiger partial charge in [-0.15, -0.1) is 0 Å². The molecule has 0 aromatic heterocycles. The Kier molecular flexibility index (Phi) is 8.56. The molecule has 2 amide bonds. The fourth-order valence-electron chi connectivity index (χ4n) is 2.21. The number of hydrogen-bond acceptors (Lipinski definition) is 5. The Bertz CT molecular complexity index is 685. The van der Waals surface area contributed by atoms with E-state index < -0.39 is 5.60 Å². The smallest absolute Gasteiger partial charge is 0.410 e. The van der Waals surface area contributed by atoms with Crippen molar-refractivity contribution in [3.63, 3.8) is 0 Å². The van der Waals surface area contributed by atoms with Gasteiger partial charge in [-0.3, -0.25) is 9.59 Å². The van der Waals surface area contributed by atoms with Crippen LogP contribution in [0.1, 0.15) is 50.4 Å². The van der Waals surface area contributed by atoms with Crippen molar-refractivity contribution in [2.75, 3.05) is 26.0 Å². The first-order valence-corrected chi connectivity index (χ1v) is 9.02. The molecule has 0 radical (unpaired) electrons. The van der Waals surface area contributed by atoms with Crippen LogP contribution in [-0.4, -0.2) is 49.5 Å². The second-order valence-electron chi connectivity index (χ2n) is 7.10. The zero-order valence-electron chi connectivity index (χ0n) is 16.4. The number of rotatable bonds is 8. The fraction of sp³-hybridized carbons (Fsp3) is 0.526. The Balaban J connectivity index is 2.46. The molecule has 7 nitrogen and oxygen atoms in total. The van der Waals surface area contributed by atoms with Crippen LogP contribution >= 0.6 is 11.6 Å². The molecular weight excluding hydrogens is 372 g/mol. The average Bonchev–Trinajstić information content (AvgIpc) is 2.58. The van der Waals surface area contributed by atoms with Crippen molar-refractivity contribution in [1.29, 1.82) is 0 Å². The summed E-state index contributed by atoms with van der Waals surface area (Å²) in [5.74, 6) is 0.126. The number of nitrogens with zero attached hydrogens (tertiary/aromatic N) is 1. The highest BCUT2D eigenvalue weighted by molar-refractivity contribution is 6.34. The summed E-state index contributed by atoms with van der Waals surface area (Å²) in [6.07, 6.45) is 1.78. The average molecular weight is 399 g/mol. The molecule has 0 aliphatic rings. The van der Waals surface area contributed by atoms with Gasteiger partial charge in [0.05, 0.1) is 23.4 Å². The van der Waals surface area contributed by atoms with Crippen LogP contribution in [0.5, 0.6) is 5.75 Å². The van der Waals surface area contributed by atoms with E-state index in [1.165, 1.54) is 24.1 Å². The molecular formula is C19H27ClN2O5. The van der Waals surface area contributed by atoms with Crippen molar-refractivity contribution < 1.29 is 23.9 Å². The van der Waals surface area contributed by atoms with Crippen LogP contribution in [0.25, 0.3) is 0 Å². The number of halogens is 1. The quantitative estimate of drug-likeness (QED) is 0.525. The summed E-state index contributed by atoms with van der Waals surface area (Å²) in [5, 5.41) is 2.97. The number of carbonyl (C=O) groups excluding carboxylic acids is 3. The van der Waals surface area contributed by atoms with Gasteiger partial charge in [0.1, 0.15) is 11.4 Å². The molecule has 0 aliphatic carbocycles. The summed E-state index contributed by atoms with van der Waals surface area (Å²) in [4.78, 5) is 36.4. The number of unbranched alkanes of at least 4 members (excludes halogenated alkanes) is 1. The van der Waals surface area contributed by atoms with Gasteiger partial charge in [-0.05, 0) is 39.7 Å². The van der Waals surface area contributed by atoms with E-state index in [0.717, 1.165) is 0 Å². The molecule has 27 heavy (non-hydrogen) atoms. The van der Waals surface area contributed by atoms with Crippen molar-refractivity contribution in [2.24, 2.45) is 0 Å². The van der Waals surface area contributed by atoms with Crippen LogP contribution in [0.4, 0.5) is 10.5 Å². The monoisotopic (exact) mass is 398 g/mol. The normalized spacial score (nSPS) is 10.9. The molecule has 1 aromatic rings. The van der Waals surface area contributed by atoms with E-state index in [9.17, 15) is 14.4 Å². The molecule has 0 saturated carbocycles. The van der Waals surface area contributed by atoms with Crippen molar-refractivity contribution in [2.45, 2.75) is 45.6 Å². The second-order valence-corrected chi connectivity index (χ2v) is 7.51. The number of hydrogen-bond donors (Lipinski definition) is 1. The van der Waals surface area contributed by atoms with E-state index in [4.69, 9.17) is 21.1 Å². The molecule has 8 heteroatoms. The minimum atomic E-state index is -0.537. The zero-order valence-corrected chi connectivity index (χ0v) is 17.2. The number of aldehydes is 1. The van der Waals surface area contributed by atoms with E-state index in [0.29, 0.717) is 42.7 Å². The lowest BCUT2D eigenvalue weighted by atomic mass is 10.2. The van der Waals surface area contributed by atoms with E-state index >= 15 is 0 Å². The lowest BCUT2D eigenvalue weighted by Gasteiger charge is -2.24. The second kappa shape index (κ2) is 10.2. The molecule has 0 atom stereocenters. The molecule has 0 bridgehead atoms. The van der Waals surface area contributed by atoms with Crippen LogP contribution < -0.4 is 10.1 Å². The number of benzene rings is 1. The highest BCUT2D eigenvalue weighted by Crippen LogP contribution is 2.30. The molecule has 0 heterocycles. The van der Waals surface area contributed by atoms with Crippen LogP contribution in [-0.2, 0) is 9.53 Å². The first-order chi connectivity index (χ1) is 12.6. The summed E-state index contributed by atoms with van der Waals surface area (Å²) in [6.45, 7) is 5.92. The van der Waals surface area contributed by atoms with Gasteiger partial charge >= 0.3 is 6.09 Å². The maximum absolute atomic E-state index is 12.1. The van der Waals surface area contributed by atoms with Gasteiger partial charge in [-0.1, -0.05) is 11.6 Å². The number of amides is 2. The van der Waals surface area contributed by atoms with Crippen LogP contribution in [0, 0.1) is 0 Å². The fourth-order valence-corrected chi connectivity index (χ4v) is 2.43. The third-order valence-electron chi connectivity index (χ3n) is 3.57. The summed E-state index contributed by atoms with van der Waals surface area (Å²) in [6, 6.07) is 2.96. The van der Waals surface area contributed by atoms with Gasteiger partial charge in [0.25, 0.3) is 0 Å². The van der Waals surface area contributed by atoms with Gasteiger partial charge < -0.3 is 19.7 Å². The number of anilines is 1. The van der Waals surface area contributed by atoms with Crippen LogP contribution in [0.15, 0.2) is 12.1 Å². The van der Waals surface area contributed by atoms with Gasteiger partial charge in [0.2, 0.25) is 5.91 Å². The van der Waals surface area contributed by atoms with E-state index in [1.807, 2.05) is 20.8 Å². The molecule has 1 aromatic carbocycles. The lowest BCUT2D eigenvalue weighted by molar-refractivity contribution is -0.116.